The largest absolute Gasteiger partial charge is 0.353 e. The lowest BCUT2D eigenvalue weighted by Crippen LogP contribution is -2.59. The van der Waals surface area contributed by atoms with Gasteiger partial charge in [-0.3, -0.25) is 5.32 Å². The number of nitrogens with one attached hydrogen (secondary N) is 1. The number of nitrogens with zero attached hydrogens (tertiary/aromatic N) is 1. The number of rotatable bonds is 1. The number of epoxide rings is 1. The Labute approximate surface area is 150 Å². The van der Waals surface area contributed by atoms with Crippen LogP contribution in [0.5, 0.6) is 0 Å². The molecule has 3 saturated heterocycles. The van der Waals surface area contributed by atoms with Crippen LogP contribution >= 0.6 is 0 Å². The van der Waals surface area contributed by atoms with Crippen molar-refractivity contribution in [3.8, 4) is 0 Å². The zero-order valence-electron chi connectivity index (χ0n) is 16.3. The first kappa shape index (κ1) is 17.4. The summed E-state index contributed by atoms with van der Waals surface area (Å²) in [4.78, 5) is 6.57. The molecule has 0 bridgehead atoms. The highest BCUT2D eigenvalue weighted by molar-refractivity contribution is 5.35. The molecule has 3 heterocycles. The molecule has 2 spiro atoms. The lowest BCUT2D eigenvalue weighted by atomic mass is 9.81. The highest BCUT2D eigenvalue weighted by Gasteiger charge is 2.87. The van der Waals surface area contributed by atoms with E-state index in [1.54, 1.807) is 0 Å². The van der Waals surface area contributed by atoms with Crippen molar-refractivity contribution in [1.82, 2.24) is 10.4 Å². The van der Waals surface area contributed by atoms with E-state index in [0.29, 0.717) is 6.61 Å². The second kappa shape index (κ2) is 4.84. The van der Waals surface area contributed by atoms with Gasteiger partial charge in [-0.25, -0.2) is 4.84 Å². The van der Waals surface area contributed by atoms with Gasteiger partial charge in [-0.1, -0.05) is 30.3 Å². The van der Waals surface area contributed by atoms with E-state index in [1.165, 1.54) is 5.56 Å². The topological polar surface area (TPSA) is 46.3 Å². The fraction of sp³-hybridized carbons (Fsp3) is 0.700. The number of benzene rings is 1. The van der Waals surface area contributed by atoms with Crippen molar-refractivity contribution in [3.05, 3.63) is 35.9 Å². The van der Waals surface area contributed by atoms with Crippen LogP contribution in [0.25, 0.3) is 0 Å². The van der Waals surface area contributed by atoms with E-state index in [2.05, 4.69) is 83.1 Å². The Hall–Kier alpha value is -0.980. The first-order chi connectivity index (χ1) is 11.4. The van der Waals surface area contributed by atoms with E-state index < -0.39 is 11.5 Å². The van der Waals surface area contributed by atoms with Gasteiger partial charge in [-0.15, -0.1) is 0 Å². The van der Waals surface area contributed by atoms with Gasteiger partial charge in [0.15, 0.2) is 5.60 Å². The Morgan fingerprint density at radius 1 is 1.08 bits per heavy atom. The lowest BCUT2D eigenvalue weighted by molar-refractivity contribution is -0.329. The van der Waals surface area contributed by atoms with Gasteiger partial charge in [-0.2, -0.15) is 5.06 Å². The van der Waals surface area contributed by atoms with E-state index >= 15 is 0 Å². The van der Waals surface area contributed by atoms with Crippen LogP contribution in [-0.4, -0.2) is 39.9 Å². The SMILES string of the molecule is CC1(C)CO[C@]2(N1)ON(C(C)(C)C)[C@H](c1ccccc1)[C@@]21OC1(C)C. The molecule has 5 heteroatoms. The maximum absolute atomic E-state index is 6.57. The Kier molecular flexibility index (Phi) is 3.38. The first-order valence-electron chi connectivity index (χ1n) is 9.11. The van der Waals surface area contributed by atoms with Crippen molar-refractivity contribution in [2.45, 2.75) is 82.7 Å². The van der Waals surface area contributed by atoms with Gasteiger partial charge < -0.3 is 9.47 Å². The summed E-state index contributed by atoms with van der Waals surface area (Å²) >= 11 is 0. The van der Waals surface area contributed by atoms with Crippen molar-refractivity contribution in [2.75, 3.05) is 6.61 Å². The van der Waals surface area contributed by atoms with E-state index in [9.17, 15) is 0 Å². The average molecular weight is 346 g/mol. The van der Waals surface area contributed by atoms with Gasteiger partial charge in [0.2, 0.25) is 0 Å². The normalized spacial score (nSPS) is 39.4. The third-order valence-corrected chi connectivity index (χ3v) is 5.52. The maximum Gasteiger partial charge on any atom is 0.280 e. The fourth-order valence-corrected chi connectivity index (χ4v) is 4.41. The minimum absolute atomic E-state index is 0.0647. The first-order valence-corrected chi connectivity index (χ1v) is 9.11. The standard InChI is InChI=1S/C20H30N2O3/c1-16(2,3)22-15(14-11-9-8-10-12-14)19(18(6,7)24-19)20(25-22)21-17(4,5)13-23-20/h8-12,15,21H,13H2,1-7H3/t15-,19+,20+/m1/s1. The summed E-state index contributed by atoms with van der Waals surface area (Å²) in [6, 6.07) is 10.4. The quantitative estimate of drug-likeness (QED) is 0.790. The maximum atomic E-state index is 6.57. The molecule has 0 saturated carbocycles. The zero-order valence-corrected chi connectivity index (χ0v) is 16.3. The molecule has 0 aliphatic carbocycles. The van der Waals surface area contributed by atoms with Gasteiger partial charge in [0, 0.05) is 11.1 Å². The summed E-state index contributed by atoms with van der Waals surface area (Å²) < 4.78 is 12.7. The minimum Gasteiger partial charge on any atom is -0.353 e. The van der Waals surface area contributed by atoms with Gasteiger partial charge in [0.25, 0.3) is 5.91 Å². The third kappa shape index (κ3) is 2.26. The number of ether oxygens (including phenoxy) is 2. The molecule has 1 aromatic rings. The van der Waals surface area contributed by atoms with Crippen LogP contribution < -0.4 is 5.32 Å². The lowest BCUT2D eigenvalue weighted by Gasteiger charge is -2.35. The molecule has 138 valence electrons. The van der Waals surface area contributed by atoms with Crippen LogP contribution in [0.3, 0.4) is 0 Å². The monoisotopic (exact) mass is 346 g/mol. The molecular formula is C20H30N2O3. The summed E-state index contributed by atoms with van der Waals surface area (Å²) in [5.74, 6) is -0.978. The van der Waals surface area contributed by atoms with Crippen LogP contribution in [0.15, 0.2) is 30.3 Å². The van der Waals surface area contributed by atoms with E-state index in [0.717, 1.165) is 0 Å². The highest BCUT2D eigenvalue weighted by Crippen LogP contribution is 2.69. The molecule has 1 N–H and O–H groups in total. The van der Waals surface area contributed by atoms with Crippen LogP contribution in [0.4, 0.5) is 0 Å². The van der Waals surface area contributed by atoms with Crippen LogP contribution in [0.2, 0.25) is 0 Å². The Bertz CT molecular complexity index is 682. The summed E-state index contributed by atoms with van der Waals surface area (Å²) in [6.45, 7) is 15.6. The number of fused-ring (bicyclic) bond motifs is 1. The van der Waals surface area contributed by atoms with Crippen LogP contribution in [0, 0.1) is 0 Å². The molecule has 0 aromatic heterocycles. The Morgan fingerprint density at radius 3 is 2.12 bits per heavy atom. The molecule has 0 radical (unpaired) electrons. The fourth-order valence-electron chi connectivity index (χ4n) is 4.41. The van der Waals surface area contributed by atoms with Gasteiger partial charge in [0.05, 0.1) is 12.6 Å². The molecule has 3 aliphatic heterocycles. The number of hydroxylamine groups is 2. The van der Waals surface area contributed by atoms with Gasteiger partial charge in [-0.05, 0) is 54.0 Å². The van der Waals surface area contributed by atoms with Crippen molar-refractivity contribution in [3.63, 3.8) is 0 Å². The van der Waals surface area contributed by atoms with Crippen molar-refractivity contribution < 1.29 is 14.3 Å². The third-order valence-electron chi connectivity index (χ3n) is 5.52. The smallest absolute Gasteiger partial charge is 0.280 e. The van der Waals surface area contributed by atoms with Crippen molar-refractivity contribution in [1.29, 1.82) is 0 Å². The molecule has 0 amide bonds. The summed E-state index contributed by atoms with van der Waals surface area (Å²) in [6.07, 6.45) is 0. The van der Waals surface area contributed by atoms with E-state index in [1.807, 2.05) is 6.07 Å². The minimum atomic E-state index is -0.978. The predicted octanol–water partition coefficient (Wildman–Crippen LogP) is 3.37. The van der Waals surface area contributed by atoms with Gasteiger partial charge in [0.1, 0.15) is 5.60 Å². The summed E-state index contributed by atoms with van der Waals surface area (Å²) in [7, 11) is 0. The molecule has 25 heavy (non-hydrogen) atoms. The van der Waals surface area contributed by atoms with Crippen molar-refractivity contribution >= 4 is 0 Å². The molecular weight excluding hydrogens is 316 g/mol. The average Bonchev–Trinajstić information content (AvgIpc) is 2.80. The number of hydrogen-bond donors (Lipinski definition) is 1. The van der Waals surface area contributed by atoms with Crippen LogP contribution in [-0.2, 0) is 14.3 Å². The molecule has 1 aromatic carbocycles. The molecule has 3 fully saturated rings. The second-order valence-corrected chi connectivity index (χ2v) is 9.66. The molecule has 5 nitrogen and oxygen atoms in total. The van der Waals surface area contributed by atoms with Gasteiger partial charge >= 0.3 is 0 Å². The highest BCUT2D eigenvalue weighted by atomic mass is 16.9. The Balaban J connectivity index is 1.88. The van der Waals surface area contributed by atoms with Crippen molar-refractivity contribution in [2.24, 2.45) is 0 Å². The molecule has 3 aliphatic rings. The second-order valence-electron chi connectivity index (χ2n) is 9.66. The summed E-state index contributed by atoms with van der Waals surface area (Å²) in [5.41, 5.74) is -0.181. The van der Waals surface area contributed by atoms with E-state index in [-0.39, 0.29) is 22.7 Å². The van der Waals surface area contributed by atoms with Crippen LogP contribution in [0.1, 0.15) is 60.1 Å². The molecule has 4 rings (SSSR count). The summed E-state index contributed by atoms with van der Waals surface area (Å²) in [5, 5.41) is 5.67. The van der Waals surface area contributed by atoms with E-state index in [4.69, 9.17) is 14.3 Å². The number of hydrogen-bond acceptors (Lipinski definition) is 5. The molecule has 0 unspecified atom stereocenters. The zero-order chi connectivity index (χ0) is 18.3. The Morgan fingerprint density at radius 2 is 1.68 bits per heavy atom. The molecule has 3 atom stereocenters. The predicted molar refractivity (Wildman–Crippen MR) is 95.7 cm³/mol.